The molecular formula is C25H33F3N4S. The number of aromatic nitrogens is 3. The Hall–Kier alpha value is -1.54. The van der Waals surface area contributed by atoms with Gasteiger partial charge in [0, 0.05) is 25.3 Å². The van der Waals surface area contributed by atoms with Crippen molar-refractivity contribution < 1.29 is 13.2 Å². The van der Waals surface area contributed by atoms with Gasteiger partial charge in [-0.05, 0) is 74.2 Å². The Labute approximate surface area is 198 Å². The zero-order valence-corrected chi connectivity index (χ0v) is 20.1. The van der Waals surface area contributed by atoms with E-state index in [4.69, 9.17) is 0 Å². The minimum atomic E-state index is -4.26. The minimum absolute atomic E-state index is 0.283. The van der Waals surface area contributed by atoms with Gasteiger partial charge in [-0.15, -0.1) is 10.2 Å². The Morgan fingerprint density at radius 2 is 1.85 bits per heavy atom. The number of rotatable bonds is 7. The highest BCUT2D eigenvalue weighted by atomic mass is 32.2. The van der Waals surface area contributed by atoms with Gasteiger partial charge in [-0.25, -0.2) is 0 Å². The summed E-state index contributed by atoms with van der Waals surface area (Å²) in [7, 11) is 2.10. The van der Waals surface area contributed by atoms with Gasteiger partial charge in [0.25, 0.3) is 0 Å². The predicted octanol–water partition coefficient (Wildman–Crippen LogP) is 6.24. The van der Waals surface area contributed by atoms with Crippen LogP contribution in [0.2, 0.25) is 0 Å². The third-order valence-electron chi connectivity index (χ3n) is 7.98. The minimum Gasteiger partial charge on any atom is -0.309 e. The van der Waals surface area contributed by atoms with Gasteiger partial charge in [0.15, 0.2) is 5.16 Å². The van der Waals surface area contributed by atoms with E-state index < -0.39 is 11.7 Å². The summed E-state index contributed by atoms with van der Waals surface area (Å²) in [5.74, 6) is 3.17. The third kappa shape index (κ3) is 4.97. The van der Waals surface area contributed by atoms with E-state index in [0.29, 0.717) is 11.8 Å². The van der Waals surface area contributed by atoms with Crippen molar-refractivity contribution in [1.29, 1.82) is 0 Å². The number of nitrogens with zero attached hydrogens (tertiary/aromatic N) is 4. The quantitative estimate of drug-likeness (QED) is 0.348. The Kier molecular flexibility index (Phi) is 6.51. The van der Waals surface area contributed by atoms with Crippen molar-refractivity contribution in [3.63, 3.8) is 0 Å². The van der Waals surface area contributed by atoms with Crippen LogP contribution in [-0.2, 0) is 13.2 Å². The highest BCUT2D eigenvalue weighted by Gasteiger charge is 2.57. The van der Waals surface area contributed by atoms with Crippen LogP contribution < -0.4 is 0 Å². The second-order valence-corrected chi connectivity index (χ2v) is 11.3. The molecule has 3 aliphatic rings. The summed E-state index contributed by atoms with van der Waals surface area (Å²) in [5, 5.41) is 9.97. The SMILES string of the molecule is Cn1c(SCCCN2CC[C@@]3(C[C@H]3c3ccc(C(F)(F)F)cc3)C2)nnc1C1CCCCC1. The predicted molar refractivity (Wildman–Crippen MR) is 124 cm³/mol. The standard InChI is InChI=1S/C25H33F3N4S/c1-31-22(19-6-3-2-4-7-19)29-30-23(31)33-15-5-13-32-14-12-24(17-32)16-21(24)18-8-10-20(11-9-18)25(26,27)28/h8-11,19,21H,2-7,12-17H2,1H3/t21-,24+/m0/s1. The van der Waals surface area contributed by atoms with Crippen LogP contribution in [0, 0.1) is 5.41 Å². The smallest absolute Gasteiger partial charge is 0.309 e. The molecule has 1 aromatic carbocycles. The van der Waals surface area contributed by atoms with E-state index in [1.165, 1.54) is 44.2 Å². The van der Waals surface area contributed by atoms with Gasteiger partial charge in [0.1, 0.15) is 5.82 Å². The highest BCUT2D eigenvalue weighted by molar-refractivity contribution is 7.99. The normalized spacial score (nSPS) is 26.4. The summed E-state index contributed by atoms with van der Waals surface area (Å²) in [6, 6.07) is 5.84. The van der Waals surface area contributed by atoms with Crippen molar-refractivity contribution in [3.8, 4) is 0 Å². The van der Waals surface area contributed by atoms with E-state index in [2.05, 4.69) is 26.7 Å². The maximum Gasteiger partial charge on any atom is 0.416 e. The van der Waals surface area contributed by atoms with Gasteiger partial charge in [-0.2, -0.15) is 13.2 Å². The Balaban J connectivity index is 1.06. The molecule has 1 saturated heterocycles. The van der Waals surface area contributed by atoms with E-state index in [9.17, 15) is 13.2 Å². The molecule has 3 fully saturated rings. The highest BCUT2D eigenvalue weighted by Crippen LogP contribution is 2.64. The summed E-state index contributed by atoms with van der Waals surface area (Å²) in [4.78, 5) is 2.54. The molecule has 5 rings (SSSR count). The molecule has 2 aliphatic carbocycles. The van der Waals surface area contributed by atoms with Gasteiger partial charge in [0.2, 0.25) is 0 Å². The summed E-state index contributed by atoms with van der Waals surface area (Å²) < 4.78 is 40.7. The summed E-state index contributed by atoms with van der Waals surface area (Å²) in [6.45, 7) is 3.23. The monoisotopic (exact) mass is 478 g/mol. The van der Waals surface area contributed by atoms with Crippen molar-refractivity contribution in [2.24, 2.45) is 12.5 Å². The topological polar surface area (TPSA) is 34.0 Å². The fraction of sp³-hybridized carbons (Fsp3) is 0.680. The number of likely N-dealkylation sites (tertiary alicyclic amines) is 1. The second kappa shape index (κ2) is 9.25. The first-order valence-electron chi connectivity index (χ1n) is 12.3. The molecule has 33 heavy (non-hydrogen) atoms. The van der Waals surface area contributed by atoms with Crippen LogP contribution in [0.5, 0.6) is 0 Å². The molecule has 2 atom stereocenters. The van der Waals surface area contributed by atoms with Crippen molar-refractivity contribution in [2.75, 3.05) is 25.4 Å². The van der Waals surface area contributed by atoms with Gasteiger partial charge in [-0.1, -0.05) is 43.2 Å². The zero-order valence-electron chi connectivity index (χ0n) is 19.3. The summed E-state index contributed by atoms with van der Waals surface area (Å²) >= 11 is 1.80. The molecule has 2 heterocycles. The van der Waals surface area contributed by atoms with Gasteiger partial charge < -0.3 is 9.47 Å². The summed E-state index contributed by atoms with van der Waals surface area (Å²) in [6.07, 6.45) is 5.53. The van der Waals surface area contributed by atoms with Crippen LogP contribution in [0.4, 0.5) is 13.2 Å². The fourth-order valence-corrected chi connectivity index (χ4v) is 6.81. The zero-order chi connectivity index (χ0) is 23.1. The Bertz CT molecular complexity index is 952. The molecule has 8 heteroatoms. The van der Waals surface area contributed by atoms with Gasteiger partial charge in [0.05, 0.1) is 5.56 Å². The van der Waals surface area contributed by atoms with Crippen molar-refractivity contribution in [2.45, 2.75) is 74.5 Å². The van der Waals surface area contributed by atoms with E-state index in [1.807, 2.05) is 0 Å². The second-order valence-electron chi connectivity index (χ2n) is 10.2. The number of hydrogen-bond acceptors (Lipinski definition) is 4. The van der Waals surface area contributed by atoms with E-state index >= 15 is 0 Å². The molecule has 180 valence electrons. The van der Waals surface area contributed by atoms with Crippen molar-refractivity contribution in [3.05, 3.63) is 41.2 Å². The first-order valence-corrected chi connectivity index (χ1v) is 13.3. The average molecular weight is 479 g/mol. The molecule has 1 aliphatic heterocycles. The molecule has 2 aromatic rings. The molecule has 1 aromatic heterocycles. The number of halogens is 3. The number of hydrogen-bond donors (Lipinski definition) is 0. The Morgan fingerprint density at radius 3 is 2.58 bits per heavy atom. The van der Waals surface area contributed by atoms with Crippen LogP contribution in [0.25, 0.3) is 0 Å². The molecule has 0 unspecified atom stereocenters. The lowest BCUT2D eigenvalue weighted by atomic mass is 9.89. The Morgan fingerprint density at radius 1 is 1.09 bits per heavy atom. The summed E-state index contributed by atoms with van der Waals surface area (Å²) in [5.41, 5.74) is 0.794. The van der Waals surface area contributed by atoms with Gasteiger partial charge in [-0.3, -0.25) is 0 Å². The van der Waals surface area contributed by atoms with Crippen LogP contribution >= 0.6 is 11.8 Å². The maximum atomic E-state index is 12.8. The average Bonchev–Trinajstić information content (AvgIpc) is 3.15. The largest absolute Gasteiger partial charge is 0.416 e. The lowest BCUT2D eigenvalue weighted by Gasteiger charge is -2.20. The van der Waals surface area contributed by atoms with Gasteiger partial charge >= 0.3 is 6.18 Å². The maximum absolute atomic E-state index is 12.8. The van der Waals surface area contributed by atoms with E-state index in [-0.39, 0.29) is 5.41 Å². The molecule has 0 N–H and O–H groups in total. The fourth-order valence-electron chi connectivity index (χ4n) is 5.97. The van der Waals surface area contributed by atoms with Crippen LogP contribution in [0.3, 0.4) is 0 Å². The third-order valence-corrected chi connectivity index (χ3v) is 9.09. The van der Waals surface area contributed by atoms with Crippen LogP contribution in [0.1, 0.15) is 80.2 Å². The molecule has 0 amide bonds. The number of thioether (sulfide) groups is 1. The van der Waals surface area contributed by atoms with Crippen LogP contribution in [-0.4, -0.2) is 45.1 Å². The first-order chi connectivity index (χ1) is 15.9. The molecule has 0 bridgehead atoms. The molecular weight excluding hydrogens is 445 g/mol. The number of benzene rings is 1. The molecule has 1 spiro atoms. The molecule has 0 radical (unpaired) electrons. The van der Waals surface area contributed by atoms with E-state index in [1.54, 1.807) is 23.9 Å². The van der Waals surface area contributed by atoms with Crippen molar-refractivity contribution >= 4 is 11.8 Å². The lowest BCUT2D eigenvalue weighted by Crippen LogP contribution is -2.23. The number of alkyl halides is 3. The first kappa shape index (κ1) is 23.2. The van der Waals surface area contributed by atoms with Crippen molar-refractivity contribution in [1.82, 2.24) is 19.7 Å². The lowest BCUT2D eigenvalue weighted by molar-refractivity contribution is -0.137. The van der Waals surface area contributed by atoms with Crippen LogP contribution in [0.15, 0.2) is 29.4 Å². The van der Waals surface area contributed by atoms with E-state index in [0.717, 1.165) is 61.2 Å². The molecule has 2 saturated carbocycles. The molecule has 4 nitrogen and oxygen atoms in total.